The van der Waals surface area contributed by atoms with E-state index >= 15 is 0 Å². The summed E-state index contributed by atoms with van der Waals surface area (Å²) in [6.07, 6.45) is 1.98. The van der Waals surface area contributed by atoms with Gasteiger partial charge in [-0.3, -0.25) is 14.4 Å². The second-order valence-electron chi connectivity index (χ2n) is 7.35. The van der Waals surface area contributed by atoms with E-state index < -0.39 is 0 Å². The Morgan fingerprint density at radius 1 is 0.806 bits per heavy atom. The fourth-order valence-corrected chi connectivity index (χ4v) is 3.07. The molecule has 2 amide bonds. The number of ether oxygens (including phenoxy) is 1. The Labute approximate surface area is 180 Å². The highest BCUT2D eigenvalue weighted by Gasteiger charge is 2.25. The molecule has 1 fully saturated rings. The SMILES string of the molecule is O=C(COc1ccc(C(=O)c2ccccc2)cc1)Nc1ccccc1C(=O)NC1CC1. The first-order valence-corrected chi connectivity index (χ1v) is 10.1. The highest BCUT2D eigenvalue weighted by atomic mass is 16.5. The number of amides is 2. The van der Waals surface area contributed by atoms with Gasteiger partial charge in [0.25, 0.3) is 11.8 Å². The van der Waals surface area contributed by atoms with Gasteiger partial charge in [-0.05, 0) is 49.2 Å². The van der Waals surface area contributed by atoms with Gasteiger partial charge in [-0.2, -0.15) is 0 Å². The molecule has 1 saturated carbocycles. The van der Waals surface area contributed by atoms with Crippen molar-refractivity contribution in [3.63, 3.8) is 0 Å². The summed E-state index contributed by atoms with van der Waals surface area (Å²) in [6, 6.07) is 22.8. The number of hydrogen-bond donors (Lipinski definition) is 2. The van der Waals surface area contributed by atoms with E-state index in [1.54, 1.807) is 60.7 Å². The minimum absolute atomic E-state index is 0.0778. The Kier molecular flexibility index (Phi) is 6.08. The van der Waals surface area contributed by atoms with Crippen LogP contribution in [0.1, 0.15) is 39.1 Å². The number of benzene rings is 3. The van der Waals surface area contributed by atoms with Gasteiger partial charge in [-0.25, -0.2) is 0 Å². The lowest BCUT2D eigenvalue weighted by Crippen LogP contribution is -2.28. The average molecular weight is 414 g/mol. The lowest BCUT2D eigenvalue weighted by Gasteiger charge is -2.12. The van der Waals surface area contributed by atoms with Crippen molar-refractivity contribution in [3.05, 3.63) is 95.6 Å². The molecule has 4 rings (SSSR count). The largest absolute Gasteiger partial charge is 0.484 e. The zero-order valence-corrected chi connectivity index (χ0v) is 16.8. The standard InChI is InChI=1S/C25H22N2O4/c28-23(27-22-9-5-4-8-21(22)25(30)26-19-12-13-19)16-31-20-14-10-18(11-15-20)24(29)17-6-2-1-3-7-17/h1-11,14-15,19H,12-13,16H2,(H,26,30)(H,27,28). The summed E-state index contributed by atoms with van der Waals surface area (Å²) in [5, 5.41) is 5.65. The quantitative estimate of drug-likeness (QED) is 0.549. The van der Waals surface area contributed by atoms with E-state index in [4.69, 9.17) is 4.74 Å². The minimum Gasteiger partial charge on any atom is -0.484 e. The number of nitrogens with one attached hydrogen (secondary N) is 2. The maximum absolute atomic E-state index is 12.4. The first kappa shape index (κ1) is 20.3. The average Bonchev–Trinajstić information content (AvgIpc) is 3.62. The van der Waals surface area contributed by atoms with Crippen LogP contribution in [0.5, 0.6) is 5.75 Å². The van der Waals surface area contributed by atoms with Gasteiger partial charge in [0.2, 0.25) is 0 Å². The van der Waals surface area contributed by atoms with E-state index in [1.165, 1.54) is 0 Å². The summed E-state index contributed by atoms with van der Waals surface area (Å²) in [6.45, 7) is -0.218. The number of ketones is 1. The van der Waals surface area contributed by atoms with Crippen molar-refractivity contribution in [2.24, 2.45) is 0 Å². The molecule has 1 aliphatic rings. The molecule has 31 heavy (non-hydrogen) atoms. The van der Waals surface area contributed by atoms with Crippen LogP contribution in [0.3, 0.4) is 0 Å². The van der Waals surface area contributed by atoms with E-state index in [1.807, 2.05) is 18.2 Å². The molecular weight excluding hydrogens is 392 g/mol. The molecule has 156 valence electrons. The molecule has 6 nitrogen and oxygen atoms in total. The Hall–Kier alpha value is -3.93. The molecule has 1 aliphatic carbocycles. The molecule has 0 bridgehead atoms. The first-order chi connectivity index (χ1) is 15.1. The van der Waals surface area contributed by atoms with Crippen LogP contribution in [0, 0.1) is 0 Å². The lowest BCUT2D eigenvalue weighted by atomic mass is 10.0. The molecule has 0 saturated heterocycles. The fourth-order valence-electron chi connectivity index (χ4n) is 3.07. The molecule has 0 unspecified atom stereocenters. The molecule has 3 aromatic carbocycles. The highest BCUT2D eigenvalue weighted by Crippen LogP contribution is 2.22. The Bertz CT molecular complexity index is 1090. The van der Waals surface area contributed by atoms with Crippen LogP contribution in [-0.4, -0.2) is 30.2 Å². The molecule has 6 heteroatoms. The number of para-hydroxylation sites is 1. The van der Waals surface area contributed by atoms with E-state index in [0.717, 1.165) is 12.8 Å². The van der Waals surface area contributed by atoms with Gasteiger partial charge in [0.1, 0.15) is 5.75 Å². The third-order valence-electron chi connectivity index (χ3n) is 4.88. The lowest BCUT2D eigenvalue weighted by molar-refractivity contribution is -0.118. The third kappa shape index (κ3) is 5.36. The summed E-state index contributed by atoms with van der Waals surface area (Å²) >= 11 is 0. The van der Waals surface area contributed by atoms with Crippen LogP contribution in [-0.2, 0) is 4.79 Å². The number of anilines is 1. The van der Waals surface area contributed by atoms with Crippen molar-refractivity contribution in [1.82, 2.24) is 5.32 Å². The number of carbonyl (C=O) groups excluding carboxylic acids is 3. The number of rotatable bonds is 8. The summed E-state index contributed by atoms with van der Waals surface area (Å²) in [4.78, 5) is 37.1. The zero-order chi connectivity index (χ0) is 21.6. The van der Waals surface area contributed by atoms with Crippen LogP contribution < -0.4 is 15.4 Å². The smallest absolute Gasteiger partial charge is 0.262 e. The molecule has 0 spiro atoms. The monoisotopic (exact) mass is 414 g/mol. The van der Waals surface area contributed by atoms with Crippen molar-refractivity contribution in [1.29, 1.82) is 0 Å². The van der Waals surface area contributed by atoms with Gasteiger partial charge in [0, 0.05) is 17.2 Å². The molecule has 0 aromatic heterocycles. The topological polar surface area (TPSA) is 84.5 Å². The summed E-state index contributed by atoms with van der Waals surface area (Å²) < 4.78 is 5.53. The maximum Gasteiger partial charge on any atom is 0.262 e. The number of hydrogen-bond acceptors (Lipinski definition) is 4. The van der Waals surface area contributed by atoms with E-state index in [9.17, 15) is 14.4 Å². The van der Waals surface area contributed by atoms with Crippen LogP contribution in [0.15, 0.2) is 78.9 Å². The molecule has 0 radical (unpaired) electrons. The minimum atomic E-state index is -0.379. The van der Waals surface area contributed by atoms with Crippen LogP contribution in [0.25, 0.3) is 0 Å². The van der Waals surface area contributed by atoms with Crippen molar-refractivity contribution < 1.29 is 19.1 Å². The van der Waals surface area contributed by atoms with Gasteiger partial charge in [0.15, 0.2) is 12.4 Å². The molecule has 0 aliphatic heterocycles. The first-order valence-electron chi connectivity index (χ1n) is 10.1. The second kappa shape index (κ2) is 9.26. The molecule has 0 heterocycles. The van der Waals surface area contributed by atoms with Crippen LogP contribution >= 0.6 is 0 Å². The zero-order valence-electron chi connectivity index (χ0n) is 16.8. The van der Waals surface area contributed by atoms with Gasteiger partial charge < -0.3 is 15.4 Å². The van der Waals surface area contributed by atoms with Crippen molar-refractivity contribution in [2.45, 2.75) is 18.9 Å². The van der Waals surface area contributed by atoms with Crippen molar-refractivity contribution in [2.75, 3.05) is 11.9 Å². The van der Waals surface area contributed by atoms with E-state index in [-0.39, 0.29) is 30.2 Å². The summed E-state index contributed by atoms with van der Waals surface area (Å²) in [7, 11) is 0. The fraction of sp³-hybridized carbons (Fsp3) is 0.160. The van der Waals surface area contributed by atoms with Crippen LogP contribution in [0.2, 0.25) is 0 Å². The predicted molar refractivity (Wildman–Crippen MR) is 117 cm³/mol. The third-order valence-corrected chi connectivity index (χ3v) is 4.88. The van der Waals surface area contributed by atoms with E-state index in [2.05, 4.69) is 10.6 Å². The maximum atomic E-state index is 12.4. The second-order valence-corrected chi connectivity index (χ2v) is 7.35. The van der Waals surface area contributed by atoms with Gasteiger partial charge >= 0.3 is 0 Å². The van der Waals surface area contributed by atoms with Crippen LogP contribution in [0.4, 0.5) is 5.69 Å². The number of carbonyl (C=O) groups is 3. The van der Waals surface area contributed by atoms with E-state index in [0.29, 0.717) is 28.1 Å². The summed E-state index contributed by atoms with van der Waals surface area (Å²) in [5.41, 5.74) is 2.02. The molecular formula is C25H22N2O4. The summed E-state index contributed by atoms with van der Waals surface area (Å²) in [5.74, 6) is -0.181. The normalized spacial score (nSPS) is 12.6. The molecule has 0 atom stereocenters. The van der Waals surface area contributed by atoms with Crippen molar-refractivity contribution in [3.8, 4) is 5.75 Å². The van der Waals surface area contributed by atoms with Gasteiger partial charge in [0.05, 0.1) is 11.3 Å². The van der Waals surface area contributed by atoms with Gasteiger partial charge in [-0.1, -0.05) is 42.5 Å². The Morgan fingerprint density at radius 3 is 2.16 bits per heavy atom. The van der Waals surface area contributed by atoms with Gasteiger partial charge in [-0.15, -0.1) is 0 Å². The van der Waals surface area contributed by atoms with Crippen molar-refractivity contribution >= 4 is 23.3 Å². The Morgan fingerprint density at radius 2 is 1.45 bits per heavy atom. The predicted octanol–water partition coefficient (Wildman–Crippen LogP) is 3.83. The molecule has 2 N–H and O–H groups in total. The Balaban J connectivity index is 1.33. The highest BCUT2D eigenvalue weighted by molar-refractivity contribution is 6.09. The molecule has 3 aromatic rings.